The van der Waals surface area contributed by atoms with Crippen molar-refractivity contribution in [2.45, 2.75) is 52.4 Å². The molecule has 0 amide bonds. The van der Waals surface area contributed by atoms with Gasteiger partial charge in [0.15, 0.2) is 0 Å². The quantitative estimate of drug-likeness (QED) is 0.126. The SMILES string of the molecule is CC(C)(C)c1ccc2c(c1)c1cc(C(C)(C)C)ccc1n2-c1cc2c3c(c1)N(c1ccc4c5ccccc5c5ccccc5c4c1)c1ccc(-c4ccccc4)cc1B3c1cc(-c3ccccc3)ccc1N2c1ccc2c3ccccc3c3ccccc3c2c1. The first-order valence-electron chi connectivity index (χ1n) is 31.8. The van der Waals surface area contributed by atoms with Crippen molar-refractivity contribution in [3.8, 4) is 27.9 Å². The van der Waals surface area contributed by atoms with Gasteiger partial charge in [0.1, 0.15) is 0 Å². The largest absolute Gasteiger partial charge is 0.311 e. The minimum atomic E-state index is -0.161. The van der Waals surface area contributed by atoms with Crippen molar-refractivity contribution in [3.63, 3.8) is 0 Å². The molecule has 16 aromatic rings. The van der Waals surface area contributed by atoms with Crippen LogP contribution in [0.4, 0.5) is 34.1 Å². The molecule has 0 atom stereocenters. The van der Waals surface area contributed by atoms with E-state index >= 15 is 0 Å². The van der Waals surface area contributed by atoms with E-state index in [2.05, 4.69) is 335 Å². The zero-order valence-electron chi connectivity index (χ0n) is 51.5. The second kappa shape index (κ2) is 19.4. The highest BCUT2D eigenvalue weighted by atomic mass is 15.2. The van der Waals surface area contributed by atoms with Crippen LogP contribution in [0.15, 0.2) is 279 Å². The normalized spacial score (nSPS) is 13.2. The van der Waals surface area contributed by atoms with Gasteiger partial charge in [-0.1, -0.05) is 248 Å². The Bertz CT molecular complexity index is 5290. The molecule has 90 heavy (non-hydrogen) atoms. The molecule has 1 aromatic heterocycles. The number of hydrogen-bond donors (Lipinski definition) is 0. The molecule has 2 aliphatic rings. The molecule has 18 rings (SSSR count). The lowest BCUT2D eigenvalue weighted by Crippen LogP contribution is -2.61. The summed E-state index contributed by atoms with van der Waals surface area (Å²) in [5.41, 5.74) is 21.5. The summed E-state index contributed by atoms with van der Waals surface area (Å²) >= 11 is 0. The minimum Gasteiger partial charge on any atom is -0.311 e. The Hall–Kier alpha value is -10.7. The highest BCUT2D eigenvalue weighted by Gasteiger charge is 2.44. The predicted octanol–water partition coefficient (Wildman–Crippen LogP) is 21.7. The van der Waals surface area contributed by atoms with Gasteiger partial charge in [-0.05, 0) is 198 Å². The molecule has 0 N–H and O–H groups in total. The third-order valence-electron chi connectivity index (χ3n) is 20.0. The molecule has 0 aliphatic carbocycles. The van der Waals surface area contributed by atoms with E-state index in [-0.39, 0.29) is 17.5 Å². The summed E-state index contributed by atoms with van der Waals surface area (Å²) in [5, 5.41) is 17.6. The second-order valence-corrected chi connectivity index (χ2v) is 27.2. The van der Waals surface area contributed by atoms with Crippen LogP contribution in [0.1, 0.15) is 52.7 Å². The Kier molecular flexibility index (Phi) is 11.3. The van der Waals surface area contributed by atoms with E-state index in [0.29, 0.717) is 0 Å². The topological polar surface area (TPSA) is 11.4 Å². The molecule has 0 fully saturated rings. The molecular formula is C86H64BN3. The summed E-state index contributed by atoms with van der Waals surface area (Å²) in [5.74, 6) is 0. The number of fused-ring (bicyclic) bond motifs is 19. The third kappa shape index (κ3) is 7.86. The summed E-state index contributed by atoms with van der Waals surface area (Å²) in [4.78, 5) is 5.25. The molecular weight excluding hydrogens is 1090 g/mol. The number of benzene rings is 15. The van der Waals surface area contributed by atoms with Crippen LogP contribution in [0.2, 0.25) is 0 Å². The summed E-state index contributed by atoms with van der Waals surface area (Å²) in [6, 6.07) is 106. The van der Waals surface area contributed by atoms with Gasteiger partial charge in [0.2, 0.25) is 0 Å². The predicted molar refractivity (Wildman–Crippen MR) is 388 cm³/mol. The van der Waals surface area contributed by atoms with Crippen molar-refractivity contribution < 1.29 is 0 Å². The molecule has 0 unspecified atom stereocenters. The van der Waals surface area contributed by atoms with Crippen LogP contribution in [0, 0.1) is 0 Å². The first kappa shape index (κ1) is 52.4. The fourth-order valence-electron chi connectivity index (χ4n) is 15.6. The van der Waals surface area contributed by atoms with Crippen LogP contribution < -0.4 is 26.2 Å². The van der Waals surface area contributed by atoms with Gasteiger partial charge in [-0.25, -0.2) is 0 Å². The third-order valence-corrected chi connectivity index (χ3v) is 20.0. The van der Waals surface area contributed by atoms with E-state index in [0.717, 1.165) is 28.4 Å². The van der Waals surface area contributed by atoms with E-state index < -0.39 is 0 Å². The van der Waals surface area contributed by atoms with Crippen molar-refractivity contribution >= 4 is 144 Å². The van der Waals surface area contributed by atoms with E-state index in [1.807, 2.05) is 0 Å². The lowest BCUT2D eigenvalue weighted by Gasteiger charge is -2.45. The van der Waals surface area contributed by atoms with Crippen LogP contribution in [0.25, 0.3) is 114 Å². The first-order chi connectivity index (χ1) is 43.9. The smallest absolute Gasteiger partial charge is 0.252 e. The van der Waals surface area contributed by atoms with Gasteiger partial charge in [0, 0.05) is 44.9 Å². The fraction of sp³-hybridized carbons (Fsp3) is 0.0930. The van der Waals surface area contributed by atoms with Gasteiger partial charge < -0.3 is 14.4 Å². The fourth-order valence-corrected chi connectivity index (χ4v) is 15.6. The van der Waals surface area contributed by atoms with Crippen LogP contribution in [0.5, 0.6) is 0 Å². The van der Waals surface area contributed by atoms with Crippen molar-refractivity contribution in [2.24, 2.45) is 0 Å². The van der Waals surface area contributed by atoms with Crippen molar-refractivity contribution in [1.82, 2.24) is 4.57 Å². The number of rotatable bonds is 5. The minimum absolute atomic E-state index is 0.0489. The standard InChI is InChI=1S/C86H64BN3/c1-85(2,3)57-35-43-78-74(47-57)75-48-58(86(4,5)6)36-44-79(75)90(78)61-51-82-84-83(52-61)89(60-38-40-71-67-30-16-14-26-63(67)65-28-18-20-32-69(65)73(71)50-60)81-42-34-56(54-23-11-8-12-24-54)46-77(81)87(84)76-45-55(53-21-9-7-10-22-53)33-41-80(76)88(82)59-37-39-70-66-29-15-13-25-62(66)64-27-17-19-31-68(64)72(70)49-59/h7-52H,1-6H3. The lowest BCUT2D eigenvalue weighted by molar-refractivity contribution is 0.590. The molecule has 4 heteroatoms. The lowest BCUT2D eigenvalue weighted by atomic mass is 9.33. The molecule has 0 saturated carbocycles. The summed E-state index contributed by atoms with van der Waals surface area (Å²) < 4.78 is 2.58. The van der Waals surface area contributed by atoms with Gasteiger partial charge in [0.25, 0.3) is 6.71 Å². The van der Waals surface area contributed by atoms with Gasteiger partial charge in [-0.15, -0.1) is 0 Å². The molecule has 0 bridgehead atoms. The van der Waals surface area contributed by atoms with Crippen molar-refractivity contribution in [3.05, 3.63) is 290 Å². The van der Waals surface area contributed by atoms with Gasteiger partial charge in [0.05, 0.1) is 16.7 Å². The Morgan fingerprint density at radius 3 is 0.956 bits per heavy atom. The van der Waals surface area contributed by atoms with Crippen molar-refractivity contribution in [1.29, 1.82) is 0 Å². The number of anilines is 6. The van der Waals surface area contributed by atoms with E-state index in [9.17, 15) is 0 Å². The van der Waals surface area contributed by atoms with Gasteiger partial charge in [-0.2, -0.15) is 0 Å². The van der Waals surface area contributed by atoms with Crippen LogP contribution in [-0.4, -0.2) is 11.3 Å². The molecule has 0 spiro atoms. The highest BCUT2D eigenvalue weighted by molar-refractivity contribution is 7.00. The highest BCUT2D eigenvalue weighted by Crippen LogP contribution is 2.50. The summed E-state index contributed by atoms with van der Waals surface area (Å²) in [7, 11) is 0. The summed E-state index contributed by atoms with van der Waals surface area (Å²) in [6.45, 7) is 13.8. The number of nitrogens with zero attached hydrogens (tertiary/aromatic N) is 3. The Balaban J connectivity index is 1.00. The molecule has 0 radical (unpaired) electrons. The maximum Gasteiger partial charge on any atom is 0.252 e. The zero-order chi connectivity index (χ0) is 60.3. The Labute approximate surface area is 525 Å². The molecule has 0 saturated heterocycles. The molecule has 426 valence electrons. The van der Waals surface area contributed by atoms with E-state index in [1.165, 1.54) is 148 Å². The van der Waals surface area contributed by atoms with Crippen molar-refractivity contribution in [2.75, 3.05) is 9.80 Å². The van der Waals surface area contributed by atoms with E-state index in [4.69, 9.17) is 0 Å². The van der Waals surface area contributed by atoms with Gasteiger partial charge in [-0.3, -0.25) is 0 Å². The maximum atomic E-state index is 2.62. The molecule has 3 nitrogen and oxygen atoms in total. The first-order valence-corrected chi connectivity index (χ1v) is 31.8. The Morgan fingerprint density at radius 2 is 0.589 bits per heavy atom. The van der Waals surface area contributed by atoms with E-state index in [1.54, 1.807) is 0 Å². The van der Waals surface area contributed by atoms with Crippen LogP contribution >= 0.6 is 0 Å². The van der Waals surface area contributed by atoms with Crippen LogP contribution in [-0.2, 0) is 10.8 Å². The Morgan fingerprint density at radius 1 is 0.244 bits per heavy atom. The second-order valence-electron chi connectivity index (χ2n) is 27.2. The molecule has 15 aromatic carbocycles. The molecule has 3 heterocycles. The van der Waals surface area contributed by atoms with Crippen LogP contribution in [0.3, 0.4) is 0 Å². The molecule has 2 aliphatic heterocycles. The number of hydrogen-bond acceptors (Lipinski definition) is 2. The van der Waals surface area contributed by atoms with Gasteiger partial charge >= 0.3 is 0 Å². The maximum absolute atomic E-state index is 2.62. The number of aromatic nitrogens is 1. The summed E-state index contributed by atoms with van der Waals surface area (Å²) in [6.07, 6.45) is 0. The zero-order valence-corrected chi connectivity index (χ0v) is 51.5. The average Bonchev–Trinajstić information content (AvgIpc) is 0.824. The average molecular weight is 1150 g/mol. The monoisotopic (exact) mass is 1150 g/mol.